The predicted molar refractivity (Wildman–Crippen MR) is 127 cm³/mol. The number of hydrogen-bond acceptors (Lipinski definition) is 0. The van der Waals surface area contributed by atoms with Crippen LogP contribution in [-0.2, 0) is 12.8 Å². The Morgan fingerprint density at radius 1 is 1.07 bits per heavy atom. The summed E-state index contributed by atoms with van der Waals surface area (Å²) in [7, 11) is 0. The van der Waals surface area contributed by atoms with Gasteiger partial charge in [-0.05, 0) is 66.0 Å². The summed E-state index contributed by atoms with van der Waals surface area (Å²) in [5, 5.41) is 0. The molecule has 0 bridgehead atoms. The zero-order valence-corrected chi connectivity index (χ0v) is 18.5. The number of unbranched alkanes of at least 4 members (excludes halogenated alkanes) is 2. The Kier molecular flexibility index (Phi) is 9.63. The van der Waals surface area contributed by atoms with Crippen LogP contribution >= 0.6 is 0 Å². The zero-order chi connectivity index (χ0) is 21.8. The van der Waals surface area contributed by atoms with Crippen molar-refractivity contribution < 1.29 is 4.79 Å². The molecule has 0 unspecified atom stereocenters. The molecule has 0 heterocycles. The van der Waals surface area contributed by atoms with Gasteiger partial charge in [0.1, 0.15) is 0 Å². The molecule has 0 saturated carbocycles. The van der Waals surface area contributed by atoms with E-state index in [4.69, 9.17) is 6.42 Å². The monoisotopic (exact) mass is 396 g/mol. The van der Waals surface area contributed by atoms with Crippen LogP contribution in [0, 0.1) is 12.3 Å². The van der Waals surface area contributed by atoms with Gasteiger partial charge in [-0.3, -0.25) is 0 Å². The number of rotatable bonds is 10. The minimum absolute atomic E-state index is 0.704. The van der Waals surface area contributed by atoms with Crippen molar-refractivity contribution in [3.8, 4) is 12.3 Å². The highest BCUT2D eigenvalue weighted by Crippen LogP contribution is 2.34. The van der Waals surface area contributed by atoms with E-state index in [1.165, 1.54) is 27.8 Å². The van der Waals surface area contributed by atoms with Crippen molar-refractivity contribution >= 4 is 11.4 Å². The fraction of sp³-hybridized carbons (Fsp3) is 0.357. The van der Waals surface area contributed by atoms with Gasteiger partial charge >= 0.3 is 5.87 Å². The zero-order valence-electron chi connectivity index (χ0n) is 18.5. The van der Waals surface area contributed by atoms with E-state index < -0.39 is 0 Å². The predicted octanol–water partition coefficient (Wildman–Crippen LogP) is 7.04. The largest absolute Gasteiger partial charge is 0.348 e. The van der Waals surface area contributed by atoms with Crippen molar-refractivity contribution in [1.82, 2.24) is 0 Å². The summed E-state index contributed by atoms with van der Waals surface area (Å²) < 4.78 is 0. The molecule has 0 N–H and O–H groups in total. The lowest BCUT2D eigenvalue weighted by molar-refractivity contribution is 0.00741. The van der Waals surface area contributed by atoms with Crippen molar-refractivity contribution in [1.29, 1.82) is 0 Å². The maximum atomic E-state index is 9.27. The average Bonchev–Trinajstić information content (AvgIpc) is 2.78. The molecule has 2 aromatic carbocycles. The molecule has 0 spiro atoms. The van der Waals surface area contributed by atoms with E-state index in [0.29, 0.717) is 6.42 Å². The summed E-state index contributed by atoms with van der Waals surface area (Å²) in [5.41, 5.74) is 17.4. The van der Waals surface area contributed by atoms with E-state index in [2.05, 4.69) is 85.9 Å². The normalized spacial score (nSPS) is 11.1. The third kappa shape index (κ3) is 6.20. The van der Waals surface area contributed by atoms with Crippen molar-refractivity contribution in [3.05, 3.63) is 87.5 Å². The Morgan fingerprint density at radius 3 is 2.57 bits per heavy atom. The van der Waals surface area contributed by atoms with Crippen molar-refractivity contribution in [2.75, 3.05) is 0 Å². The Morgan fingerprint density at radius 2 is 1.87 bits per heavy atom. The van der Waals surface area contributed by atoms with E-state index in [1.54, 1.807) is 0 Å². The minimum Gasteiger partial charge on any atom is -0.348 e. The Hall–Kier alpha value is -3.10. The third-order valence-electron chi connectivity index (χ3n) is 5.49. The summed E-state index contributed by atoms with van der Waals surface area (Å²) >= 11 is 0. The van der Waals surface area contributed by atoms with E-state index >= 15 is 0 Å². The summed E-state index contributed by atoms with van der Waals surface area (Å²) in [5.74, 6) is 5.62. The molecule has 0 amide bonds. The van der Waals surface area contributed by atoms with Crippen LogP contribution in [0.25, 0.3) is 11.1 Å². The molecule has 0 fully saturated rings. The fourth-order valence-electron chi connectivity index (χ4n) is 3.80. The molecule has 0 radical (unpaired) electrons. The quantitative estimate of drug-likeness (QED) is 0.103. The maximum Gasteiger partial charge on any atom is 0.303 e. The van der Waals surface area contributed by atoms with Crippen molar-refractivity contribution in [3.63, 3.8) is 0 Å². The molecular weight excluding hydrogens is 364 g/mol. The Balaban J connectivity index is 2.74. The summed E-state index contributed by atoms with van der Waals surface area (Å²) in [4.78, 5) is 3.26. The molecule has 154 valence electrons. The van der Waals surface area contributed by atoms with Crippen LogP contribution in [0.2, 0.25) is 0 Å². The highest BCUT2D eigenvalue weighted by atomic mass is 14.8. The average molecular weight is 397 g/mol. The SMILES string of the molecule is C#CCCc1ccccc1C(=C(C)C(=C=[N+]=[N-])CCCCC)c1cccc(CC)c1. The highest BCUT2D eigenvalue weighted by molar-refractivity contribution is 5.87. The number of nitrogens with zero attached hydrogens (tertiary/aromatic N) is 2. The van der Waals surface area contributed by atoms with Crippen molar-refractivity contribution in [2.24, 2.45) is 0 Å². The molecular formula is C28H32N2. The van der Waals surface area contributed by atoms with E-state index in [9.17, 15) is 5.53 Å². The third-order valence-corrected chi connectivity index (χ3v) is 5.49. The first-order valence-corrected chi connectivity index (χ1v) is 10.9. The van der Waals surface area contributed by atoms with Crippen LogP contribution in [0.5, 0.6) is 0 Å². The molecule has 0 aliphatic heterocycles. The molecule has 2 nitrogen and oxygen atoms in total. The maximum absolute atomic E-state index is 9.27. The smallest absolute Gasteiger partial charge is 0.303 e. The van der Waals surface area contributed by atoms with Gasteiger partial charge < -0.3 is 5.53 Å². The number of aryl methyl sites for hydroxylation is 2. The van der Waals surface area contributed by atoms with Crippen LogP contribution in [0.4, 0.5) is 0 Å². The van der Waals surface area contributed by atoms with Gasteiger partial charge in [-0.1, -0.05) is 75.2 Å². The molecule has 0 saturated heterocycles. The van der Waals surface area contributed by atoms with Crippen LogP contribution in [0.1, 0.15) is 75.1 Å². The Bertz CT molecular complexity index is 1010. The first-order valence-electron chi connectivity index (χ1n) is 10.9. The second-order valence-corrected chi connectivity index (χ2v) is 7.56. The lowest BCUT2D eigenvalue weighted by Gasteiger charge is -2.18. The lowest BCUT2D eigenvalue weighted by Crippen LogP contribution is -2.01. The Labute approximate surface area is 182 Å². The number of benzene rings is 2. The lowest BCUT2D eigenvalue weighted by atomic mass is 9.85. The van der Waals surface area contributed by atoms with Crippen LogP contribution in [0.15, 0.2) is 59.7 Å². The molecule has 0 aliphatic carbocycles. The van der Waals surface area contributed by atoms with Crippen LogP contribution in [0.3, 0.4) is 0 Å². The summed E-state index contributed by atoms with van der Waals surface area (Å²) in [6.07, 6.45) is 12.2. The van der Waals surface area contributed by atoms with Gasteiger partial charge in [-0.2, -0.15) is 0 Å². The molecule has 2 aromatic rings. The summed E-state index contributed by atoms with van der Waals surface area (Å²) in [6, 6.07) is 17.2. The highest BCUT2D eigenvalue weighted by Gasteiger charge is 2.17. The first kappa shape index (κ1) is 23.2. The molecule has 2 heteroatoms. The van der Waals surface area contributed by atoms with Gasteiger partial charge in [0.05, 0.1) is 5.57 Å². The second-order valence-electron chi connectivity index (χ2n) is 7.56. The van der Waals surface area contributed by atoms with E-state index in [-0.39, 0.29) is 0 Å². The minimum atomic E-state index is 0.704. The number of hydrogen-bond donors (Lipinski definition) is 0. The number of allylic oxidation sites excluding steroid dienone is 2. The molecule has 0 aromatic heterocycles. The van der Waals surface area contributed by atoms with Crippen LogP contribution < -0.4 is 0 Å². The topological polar surface area (TPSA) is 36.4 Å². The van der Waals surface area contributed by atoms with Gasteiger partial charge in [0.15, 0.2) is 0 Å². The number of terminal acetylenes is 1. The van der Waals surface area contributed by atoms with Gasteiger partial charge in [-0.25, -0.2) is 0 Å². The van der Waals surface area contributed by atoms with Gasteiger partial charge in [0.2, 0.25) is 0 Å². The molecule has 30 heavy (non-hydrogen) atoms. The summed E-state index contributed by atoms with van der Waals surface area (Å²) in [6.45, 7) is 6.48. The van der Waals surface area contributed by atoms with E-state index in [1.807, 2.05) is 0 Å². The first-order chi connectivity index (χ1) is 14.7. The second kappa shape index (κ2) is 12.5. The molecule has 2 rings (SSSR count). The van der Waals surface area contributed by atoms with Gasteiger partial charge in [0.25, 0.3) is 0 Å². The van der Waals surface area contributed by atoms with Crippen molar-refractivity contribution in [2.45, 2.75) is 65.7 Å². The standard InChI is InChI=1S/C28H32N2/c1-5-8-10-17-26(21-30-29)22(4)28(25-18-13-14-23(7-3)20-25)27-19-12-11-16-24(27)15-9-6-2/h2,11-14,16,18-20H,5,7-10,15,17H2,1,3-4H3. The van der Waals surface area contributed by atoms with Crippen LogP contribution in [-0.4, -0.2) is 10.7 Å². The molecule has 0 atom stereocenters. The molecule has 0 aliphatic rings. The van der Waals surface area contributed by atoms with Gasteiger partial charge in [-0.15, -0.1) is 17.1 Å². The van der Waals surface area contributed by atoms with E-state index in [0.717, 1.165) is 49.7 Å². The van der Waals surface area contributed by atoms with Gasteiger partial charge in [0, 0.05) is 6.42 Å². The fourth-order valence-corrected chi connectivity index (χ4v) is 3.80.